The zero-order valence-electron chi connectivity index (χ0n) is 8.96. The van der Waals surface area contributed by atoms with E-state index in [0.29, 0.717) is 5.92 Å². The van der Waals surface area contributed by atoms with Gasteiger partial charge in [0.05, 0.1) is 0 Å². The Hall–Kier alpha value is -0.443. The second-order valence-corrected chi connectivity index (χ2v) is 3.24. The summed E-state index contributed by atoms with van der Waals surface area (Å²) in [4.78, 5) is 0. The topological polar surface area (TPSA) is 0 Å². The van der Waals surface area contributed by atoms with Gasteiger partial charge < -0.3 is 1.43 Å². The summed E-state index contributed by atoms with van der Waals surface area (Å²) < 4.78 is 0. The minimum Gasteiger partial charge on any atom is -1.00 e. The van der Waals surface area contributed by atoms with Gasteiger partial charge in [-0.15, -0.1) is 0 Å². The number of benzene rings is 1. The van der Waals surface area contributed by atoms with Gasteiger partial charge in [-0.25, -0.2) is 0 Å². The van der Waals surface area contributed by atoms with Crippen molar-refractivity contribution < 1.29 is 20.3 Å². The third kappa shape index (κ3) is 1.38. The predicted octanol–water partition coefficient (Wildman–Crippen LogP) is 0.323. The molecule has 1 heteroatoms. The number of hydrogen-bond donors (Lipinski definition) is 0. The number of hydrogen-bond acceptors (Lipinski definition) is 0. The Kier molecular flexibility index (Phi) is 2.83. The molecule has 0 saturated heterocycles. The van der Waals surface area contributed by atoms with Crippen LogP contribution < -0.4 is 18.9 Å². The van der Waals surface area contributed by atoms with Gasteiger partial charge in [0.15, 0.2) is 0 Å². The summed E-state index contributed by atoms with van der Waals surface area (Å²) in [6.45, 7) is 4.46. The van der Waals surface area contributed by atoms with Crippen molar-refractivity contribution in [2.75, 3.05) is 0 Å². The Morgan fingerprint density at radius 1 is 1.25 bits per heavy atom. The Balaban J connectivity index is 0.000000720. The number of rotatable bonds is 0. The number of fused-ring (bicyclic) bond motifs is 1. The van der Waals surface area contributed by atoms with Crippen molar-refractivity contribution in [3.8, 4) is 0 Å². The molecule has 0 fully saturated rings. The van der Waals surface area contributed by atoms with Gasteiger partial charge in [-0.1, -0.05) is 42.8 Å². The fraction of sp³-hybridized carbons (Fsp3) is 0.273. The van der Waals surface area contributed by atoms with Crippen LogP contribution in [0.5, 0.6) is 0 Å². The minimum atomic E-state index is 0. The summed E-state index contributed by atoms with van der Waals surface area (Å²) in [5.41, 5.74) is 4.36. The zero-order chi connectivity index (χ0) is 7.84. The van der Waals surface area contributed by atoms with E-state index < -0.39 is 0 Å². The van der Waals surface area contributed by atoms with Crippen LogP contribution in [0.15, 0.2) is 29.8 Å². The standard InChI is InChI=1S/C11H12.Li.H/c1-8-7-10-5-3-4-6-11(10)9(8)2;;/h3-7,9H,1-2H3;;/q;+1;-1. The smallest absolute Gasteiger partial charge is 1.00 e. The van der Waals surface area contributed by atoms with Crippen LogP contribution in [0.1, 0.15) is 32.3 Å². The van der Waals surface area contributed by atoms with Crippen molar-refractivity contribution in [1.29, 1.82) is 0 Å². The predicted molar refractivity (Wildman–Crippen MR) is 49.6 cm³/mol. The molecule has 1 aromatic rings. The van der Waals surface area contributed by atoms with Crippen LogP contribution in [0.25, 0.3) is 6.08 Å². The van der Waals surface area contributed by atoms with Gasteiger partial charge >= 0.3 is 18.9 Å². The molecule has 1 atom stereocenters. The maximum Gasteiger partial charge on any atom is 1.00 e. The molecule has 0 heterocycles. The maximum atomic E-state index is 2.28. The number of allylic oxidation sites excluding steroid dienone is 1. The van der Waals surface area contributed by atoms with Crippen molar-refractivity contribution in [3.05, 3.63) is 41.0 Å². The fourth-order valence-corrected chi connectivity index (χ4v) is 1.65. The maximum absolute atomic E-state index is 2.28. The van der Waals surface area contributed by atoms with Crippen LogP contribution >= 0.6 is 0 Å². The van der Waals surface area contributed by atoms with Crippen molar-refractivity contribution in [3.63, 3.8) is 0 Å². The molecule has 0 radical (unpaired) electrons. The Bertz CT molecular complexity index is 318. The van der Waals surface area contributed by atoms with Crippen LogP contribution in [-0.4, -0.2) is 0 Å². The van der Waals surface area contributed by atoms with Gasteiger partial charge in [0.1, 0.15) is 0 Å². The van der Waals surface area contributed by atoms with Crippen molar-refractivity contribution >= 4 is 6.08 Å². The Morgan fingerprint density at radius 3 is 2.58 bits per heavy atom. The third-order valence-corrected chi connectivity index (χ3v) is 2.53. The molecule has 1 aliphatic rings. The van der Waals surface area contributed by atoms with Crippen LogP contribution in [0.4, 0.5) is 0 Å². The summed E-state index contributed by atoms with van der Waals surface area (Å²) in [5.74, 6) is 0.631. The molecule has 2 rings (SSSR count). The van der Waals surface area contributed by atoms with Crippen LogP contribution in [-0.2, 0) is 0 Å². The molecule has 0 bridgehead atoms. The molecule has 1 unspecified atom stereocenters. The van der Waals surface area contributed by atoms with Crippen molar-refractivity contribution in [2.24, 2.45) is 0 Å². The largest absolute Gasteiger partial charge is 1.00 e. The first-order chi connectivity index (χ1) is 5.29. The third-order valence-electron chi connectivity index (χ3n) is 2.53. The van der Waals surface area contributed by atoms with E-state index >= 15 is 0 Å². The minimum absolute atomic E-state index is 0. The van der Waals surface area contributed by atoms with E-state index in [1.165, 1.54) is 16.7 Å². The quantitative estimate of drug-likeness (QED) is 0.470. The first kappa shape index (κ1) is 9.64. The molecule has 1 aromatic carbocycles. The first-order valence-corrected chi connectivity index (χ1v) is 4.06. The van der Waals surface area contributed by atoms with E-state index in [0.717, 1.165) is 0 Å². The molecule has 1 aliphatic carbocycles. The van der Waals surface area contributed by atoms with E-state index in [-0.39, 0.29) is 20.3 Å². The summed E-state index contributed by atoms with van der Waals surface area (Å²) in [6, 6.07) is 8.61. The Labute approximate surface area is 87.3 Å². The van der Waals surface area contributed by atoms with E-state index in [1.54, 1.807) is 0 Å². The second kappa shape index (κ2) is 3.52. The zero-order valence-corrected chi connectivity index (χ0v) is 7.96. The van der Waals surface area contributed by atoms with Crippen molar-refractivity contribution in [2.45, 2.75) is 19.8 Å². The normalized spacial score (nSPS) is 19.5. The second-order valence-electron chi connectivity index (χ2n) is 3.24. The molecular weight excluding hydrogens is 139 g/mol. The van der Waals surface area contributed by atoms with Gasteiger partial charge in [-0.3, -0.25) is 0 Å². The van der Waals surface area contributed by atoms with Gasteiger partial charge in [0, 0.05) is 5.92 Å². The molecule has 0 aromatic heterocycles. The molecule has 58 valence electrons. The molecule has 0 saturated carbocycles. The molecule has 0 aliphatic heterocycles. The molecular formula is C11H13Li. The summed E-state index contributed by atoms with van der Waals surface area (Å²) in [6.07, 6.45) is 2.28. The Morgan fingerprint density at radius 2 is 1.92 bits per heavy atom. The van der Waals surface area contributed by atoms with Crippen molar-refractivity contribution in [1.82, 2.24) is 0 Å². The van der Waals surface area contributed by atoms with Gasteiger partial charge in [-0.2, -0.15) is 0 Å². The molecule has 0 amide bonds. The average Bonchev–Trinajstić information content (AvgIpc) is 2.30. The summed E-state index contributed by atoms with van der Waals surface area (Å²) in [5, 5.41) is 0. The van der Waals surface area contributed by atoms with Crippen LogP contribution in [0.3, 0.4) is 0 Å². The molecule has 0 spiro atoms. The van der Waals surface area contributed by atoms with Crippen LogP contribution in [0, 0.1) is 0 Å². The van der Waals surface area contributed by atoms with E-state index in [9.17, 15) is 0 Å². The fourth-order valence-electron chi connectivity index (χ4n) is 1.65. The first-order valence-electron chi connectivity index (χ1n) is 4.06. The monoisotopic (exact) mass is 152 g/mol. The van der Waals surface area contributed by atoms with E-state index in [4.69, 9.17) is 0 Å². The average molecular weight is 152 g/mol. The molecule has 0 nitrogen and oxygen atoms in total. The van der Waals surface area contributed by atoms with Gasteiger partial charge in [0.25, 0.3) is 0 Å². The van der Waals surface area contributed by atoms with Gasteiger partial charge in [-0.05, 0) is 18.1 Å². The SMILES string of the molecule is CC1=Cc2ccccc2C1C.[H-].[Li+]. The van der Waals surface area contributed by atoms with E-state index in [1.807, 2.05) is 0 Å². The molecule has 0 N–H and O–H groups in total. The summed E-state index contributed by atoms with van der Waals surface area (Å²) >= 11 is 0. The van der Waals surface area contributed by atoms with Crippen LogP contribution in [0.2, 0.25) is 0 Å². The summed E-state index contributed by atoms with van der Waals surface area (Å²) in [7, 11) is 0. The van der Waals surface area contributed by atoms with E-state index in [2.05, 4.69) is 44.2 Å². The van der Waals surface area contributed by atoms with Gasteiger partial charge in [0.2, 0.25) is 0 Å². The molecule has 12 heavy (non-hydrogen) atoms.